The Kier molecular flexibility index (Phi) is 3.96. The Morgan fingerprint density at radius 3 is 2.95 bits per heavy atom. The highest BCUT2D eigenvalue weighted by Gasteiger charge is 2.37. The lowest BCUT2D eigenvalue weighted by Crippen LogP contribution is -2.36. The van der Waals surface area contributed by atoms with Crippen molar-refractivity contribution in [3.05, 3.63) is 58.4 Å². The first-order valence-electron chi connectivity index (χ1n) is 7.56. The van der Waals surface area contributed by atoms with E-state index in [1.54, 1.807) is 0 Å². The SMILES string of the molecule is C=CCSc1nc2c(c(=O)[nH]1)[C@@](C)(CC)Cc1ccccc1-2. The van der Waals surface area contributed by atoms with Crippen LogP contribution in [0, 0.1) is 0 Å². The molecule has 0 fully saturated rings. The summed E-state index contributed by atoms with van der Waals surface area (Å²) >= 11 is 1.51. The molecule has 1 aliphatic rings. The van der Waals surface area contributed by atoms with Crippen LogP contribution in [0.4, 0.5) is 0 Å². The van der Waals surface area contributed by atoms with Crippen LogP contribution in [0.3, 0.4) is 0 Å². The highest BCUT2D eigenvalue weighted by atomic mass is 32.2. The van der Waals surface area contributed by atoms with Gasteiger partial charge in [-0.2, -0.15) is 0 Å². The molecule has 114 valence electrons. The molecule has 4 heteroatoms. The highest BCUT2D eigenvalue weighted by molar-refractivity contribution is 7.99. The minimum Gasteiger partial charge on any atom is -0.301 e. The van der Waals surface area contributed by atoms with E-state index in [9.17, 15) is 4.79 Å². The molecule has 0 saturated carbocycles. The molecule has 2 aromatic rings. The van der Waals surface area contributed by atoms with Crippen molar-refractivity contribution in [2.45, 2.75) is 37.3 Å². The van der Waals surface area contributed by atoms with Gasteiger partial charge in [-0.25, -0.2) is 4.98 Å². The number of thioether (sulfide) groups is 1. The summed E-state index contributed by atoms with van der Waals surface area (Å²) in [6, 6.07) is 8.28. The Morgan fingerprint density at radius 2 is 2.23 bits per heavy atom. The first-order chi connectivity index (χ1) is 10.6. The largest absolute Gasteiger partial charge is 0.301 e. The van der Waals surface area contributed by atoms with Crippen LogP contribution in [-0.4, -0.2) is 15.7 Å². The van der Waals surface area contributed by atoms with E-state index in [-0.39, 0.29) is 11.0 Å². The number of hydrogen-bond acceptors (Lipinski definition) is 3. The van der Waals surface area contributed by atoms with Crippen molar-refractivity contribution >= 4 is 11.8 Å². The Labute approximate surface area is 134 Å². The number of nitrogens with zero attached hydrogens (tertiary/aromatic N) is 1. The van der Waals surface area contributed by atoms with Crippen LogP contribution >= 0.6 is 11.8 Å². The number of H-pyrrole nitrogens is 1. The molecule has 0 radical (unpaired) electrons. The molecule has 1 aliphatic carbocycles. The molecule has 1 heterocycles. The molecule has 1 N–H and O–H groups in total. The summed E-state index contributed by atoms with van der Waals surface area (Å²) in [5.74, 6) is 0.731. The molecule has 0 aliphatic heterocycles. The quantitative estimate of drug-likeness (QED) is 0.528. The van der Waals surface area contributed by atoms with Crippen molar-refractivity contribution in [2.24, 2.45) is 0 Å². The van der Waals surface area contributed by atoms with E-state index in [4.69, 9.17) is 4.98 Å². The van der Waals surface area contributed by atoms with Crippen LogP contribution in [0.25, 0.3) is 11.3 Å². The molecule has 3 nitrogen and oxygen atoms in total. The van der Waals surface area contributed by atoms with Gasteiger partial charge in [0.15, 0.2) is 5.16 Å². The summed E-state index contributed by atoms with van der Waals surface area (Å²) < 4.78 is 0. The lowest BCUT2D eigenvalue weighted by Gasteiger charge is -2.34. The average Bonchev–Trinajstić information content (AvgIpc) is 2.52. The molecule has 0 amide bonds. The van der Waals surface area contributed by atoms with Crippen molar-refractivity contribution in [1.82, 2.24) is 9.97 Å². The third-order valence-corrected chi connectivity index (χ3v) is 5.34. The fourth-order valence-corrected chi connectivity index (χ4v) is 3.73. The Bertz CT molecular complexity index is 781. The predicted octanol–water partition coefficient (Wildman–Crippen LogP) is 3.94. The average molecular weight is 312 g/mol. The molecule has 22 heavy (non-hydrogen) atoms. The van der Waals surface area contributed by atoms with E-state index in [1.165, 1.54) is 17.3 Å². The Morgan fingerprint density at radius 1 is 1.45 bits per heavy atom. The molecule has 3 rings (SSSR count). The monoisotopic (exact) mass is 312 g/mol. The van der Waals surface area contributed by atoms with Crippen LogP contribution in [0.15, 0.2) is 46.9 Å². The van der Waals surface area contributed by atoms with E-state index in [0.717, 1.165) is 35.4 Å². The number of aromatic amines is 1. The third kappa shape index (κ3) is 2.41. The smallest absolute Gasteiger partial charge is 0.255 e. The molecular formula is C18H20N2OS. The van der Waals surface area contributed by atoms with Gasteiger partial charge in [-0.3, -0.25) is 4.79 Å². The van der Waals surface area contributed by atoms with Gasteiger partial charge in [0.05, 0.1) is 5.69 Å². The number of fused-ring (bicyclic) bond motifs is 3. The molecule has 1 aromatic heterocycles. The van der Waals surface area contributed by atoms with E-state index < -0.39 is 0 Å². The fraction of sp³-hybridized carbons (Fsp3) is 0.333. The normalized spacial score (nSPS) is 19.4. The zero-order valence-corrected chi connectivity index (χ0v) is 13.8. The summed E-state index contributed by atoms with van der Waals surface area (Å²) in [6.07, 6.45) is 3.61. The van der Waals surface area contributed by atoms with Gasteiger partial charge in [-0.1, -0.05) is 56.0 Å². The van der Waals surface area contributed by atoms with Crippen molar-refractivity contribution in [1.29, 1.82) is 0 Å². The van der Waals surface area contributed by atoms with Crippen molar-refractivity contribution < 1.29 is 0 Å². The number of hydrogen-bond donors (Lipinski definition) is 1. The van der Waals surface area contributed by atoms with E-state index >= 15 is 0 Å². The van der Waals surface area contributed by atoms with Gasteiger partial charge >= 0.3 is 0 Å². The molecule has 0 unspecified atom stereocenters. The molecule has 0 bridgehead atoms. The number of rotatable bonds is 4. The van der Waals surface area contributed by atoms with Crippen LogP contribution in [0.2, 0.25) is 0 Å². The van der Waals surface area contributed by atoms with Gasteiger partial charge in [0.1, 0.15) is 0 Å². The second-order valence-electron chi connectivity index (χ2n) is 5.94. The van der Waals surface area contributed by atoms with Crippen LogP contribution in [0.5, 0.6) is 0 Å². The zero-order chi connectivity index (χ0) is 15.7. The van der Waals surface area contributed by atoms with Gasteiger partial charge in [0.2, 0.25) is 0 Å². The van der Waals surface area contributed by atoms with Gasteiger partial charge in [-0.15, -0.1) is 6.58 Å². The first kappa shape index (κ1) is 15.1. The van der Waals surface area contributed by atoms with Crippen LogP contribution in [0.1, 0.15) is 31.4 Å². The van der Waals surface area contributed by atoms with Gasteiger partial charge < -0.3 is 4.98 Å². The van der Waals surface area contributed by atoms with E-state index in [2.05, 4.69) is 43.6 Å². The summed E-state index contributed by atoms with van der Waals surface area (Å²) in [5.41, 5.74) is 3.88. The topological polar surface area (TPSA) is 45.8 Å². The van der Waals surface area contributed by atoms with Crippen LogP contribution in [-0.2, 0) is 11.8 Å². The van der Waals surface area contributed by atoms with Crippen molar-refractivity contribution in [3.63, 3.8) is 0 Å². The predicted molar refractivity (Wildman–Crippen MR) is 92.6 cm³/mol. The summed E-state index contributed by atoms with van der Waals surface area (Å²) in [4.78, 5) is 20.4. The second-order valence-corrected chi connectivity index (χ2v) is 6.95. The fourth-order valence-electron chi connectivity index (χ4n) is 3.13. The molecule has 0 spiro atoms. The molecule has 0 saturated heterocycles. The Balaban J connectivity index is 2.25. The number of nitrogens with one attached hydrogen (secondary N) is 1. The number of aromatic nitrogens is 2. The van der Waals surface area contributed by atoms with E-state index in [1.807, 2.05) is 12.1 Å². The minimum absolute atomic E-state index is 0.00425. The maximum atomic E-state index is 12.7. The standard InChI is InChI=1S/C18H20N2OS/c1-4-10-22-17-19-15-13-9-7-6-8-12(13)11-18(3,5-2)14(15)16(21)20-17/h4,6-9H,1,5,10-11H2,2-3H3,(H,19,20,21)/t18-/m0/s1. The van der Waals surface area contributed by atoms with Gasteiger partial charge in [0, 0.05) is 22.3 Å². The Hall–Kier alpha value is -1.81. The van der Waals surface area contributed by atoms with Gasteiger partial charge in [0.25, 0.3) is 5.56 Å². The summed E-state index contributed by atoms with van der Waals surface area (Å²) in [5, 5.41) is 0.666. The van der Waals surface area contributed by atoms with Crippen molar-refractivity contribution in [3.8, 4) is 11.3 Å². The van der Waals surface area contributed by atoms with Crippen LogP contribution < -0.4 is 5.56 Å². The summed E-state index contributed by atoms with van der Waals surface area (Å²) in [7, 11) is 0. The first-order valence-corrected chi connectivity index (χ1v) is 8.54. The van der Waals surface area contributed by atoms with Crippen molar-refractivity contribution in [2.75, 3.05) is 5.75 Å². The van der Waals surface area contributed by atoms with Gasteiger partial charge in [-0.05, 0) is 18.4 Å². The van der Waals surface area contributed by atoms with E-state index in [0.29, 0.717) is 5.16 Å². The zero-order valence-electron chi connectivity index (χ0n) is 13.0. The highest BCUT2D eigenvalue weighted by Crippen LogP contribution is 2.42. The molecular weight excluding hydrogens is 292 g/mol. The molecule has 1 aromatic carbocycles. The summed E-state index contributed by atoms with van der Waals surface area (Å²) in [6.45, 7) is 8.02. The maximum Gasteiger partial charge on any atom is 0.255 e. The number of benzene rings is 1. The third-order valence-electron chi connectivity index (χ3n) is 4.47. The maximum absolute atomic E-state index is 12.7. The molecule has 1 atom stereocenters. The second kappa shape index (κ2) is 5.76. The minimum atomic E-state index is -0.161. The lowest BCUT2D eigenvalue weighted by atomic mass is 9.69. The lowest BCUT2D eigenvalue weighted by molar-refractivity contribution is 0.439.